The Bertz CT molecular complexity index is 551. The van der Waals surface area contributed by atoms with Gasteiger partial charge >= 0.3 is 0 Å². The molecule has 2 aromatic rings. The molecular weight excluding hydrogens is 235 g/mol. The van der Waals surface area contributed by atoms with Crippen LogP contribution in [0.2, 0.25) is 10.0 Å². The summed E-state index contributed by atoms with van der Waals surface area (Å²) in [5.74, 6) is 0. The Morgan fingerprint density at radius 3 is 2.67 bits per heavy atom. The molecule has 2 rings (SSSR count). The molecule has 0 unspecified atom stereocenters. The van der Waals surface area contributed by atoms with Crippen LogP contribution in [0, 0.1) is 0 Å². The summed E-state index contributed by atoms with van der Waals surface area (Å²) in [5, 5.41) is 6.89. The van der Waals surface area contributed by atoms with E-state index in [2.05, 4.69) is 10.2 Å². The number of nitrogens with one attached hydrogen (secondary N) is 1. The highest BCUT2D eigenvalue weighted by molar-refractivity contribution is 6.31. The maximum absolute atomic E-state index is 11.0. The number of H-pyrrole nitrogens is 1. The van der Waals surface area contributed by atoms with E-state index in [-0.39, 0.29) is 5.02 Å². The monoisotopic (exact) mass is 240 g/mol. The standard InChI is InChI=1S/C10H6Cl2N2O/c11-7-3-1-2-6(4-7)9-5-8(12)10(15)14-13-9/h1-5H,(H,14,15). The fourth-order valence-corrected chi connectivity index (χ4v) is 1.51. The van der Waals surface area contributed by atoms with Crippen LogP contribution in [0.4, 0.5) is 0 Å². The van der Waals surface area contributed by atoms with Crippen molar-refractivity contribution < 1.29 is 0 Å². The van der Waals surface area contributed by atoms with Crippen molar-refractivity contribution in [2.45, 2.75) is 0 Å². The SMILES string of the molecule is O=c1[nH]nc(-c2cccc(Cl)c2)cc1Cl. The third kappa shape index (κ3) is 2.19. The Morgan fingerprint density at radius 1 is 1.20 bits per heavy atom. The number of aromatic amines is 1. The van der Waals surface area contributed by atoms with Crippen molar-refractivity contribution in [2.24, 2.45) is 0 Å². The van der Waals surface area contributed by atoms with Gasteiger partial charge in [-0.05, 0) is 18.2 Å². The molecule has 15 heavy (non-hydrogen) atoms. The second-order valence-corrected chi connectivity index (χ2v) is 3.78. The van der Waals surface area contributed by atoms with E-state index >= 15 is 0 Å². The van der Waals surface area contributed by atoms with E-state index < -0.39 is 5.56 Å². The molecule has 3 nitrogen and oxygen atoms in total. The first-order valence-corrected chi connectivity index (χ1v) is 4.93. The van der Waals surface area contributed by atoms with Crippen LogP contribution in [0.3, 0.4) is 0 Å². The second kappa shape index (κ2) is 4.04. The molecule has 0 aliphatic heterocycles. The molecule has 0 saturated heterocycles. The average molecular weight is 241 g/mol. The molecule has 0 fully saturated rings. The summed E-state index contributed by atoms with van der Waals surface area (Å²) in [5.41, 5.74) is 0.991. The van der Waals surface area contributed by atoms with Crippen LogP contribution >= 0.6 is 23.2 Å². The van der Waals surface area contributed by atoms with Crippen molar-refractivity contribution in [1.82, 2.24) is 10.2 Å². The Labute approximate surface area is 95.7 Å². The number of benzene rings is 1. The van der Waals surface area contributed by atoms with Gasteiger partial charge in [0.1, 0.15) is 5.02 Å². The van der Waals surface area contributed by atoms with E-state index in [9.17, 15) is 4.79 Å². The van der Waals surface area contributed by atoms with Crippen molar-refractivity contribution in [1.29, 1.82) is 0 Å². The molecule has 5 heteroatoms. The predicted octanol–water partition coefficient (Wildman–Crippen LogP) is 2.74. The fourth-order valence-electron chi connectivity index (χ4n) is 1.18. The van der Waals surface area contributed by atoms with E-state index in [4.69, 9.17) is 23.2 Å². The van der Waals surface area contributed by atoms with Gasteiger partial charge in [0.2, 0.25) is 0 Å². The van der Waals surface area contributed by atoms with Crippen LogP contribution in [-0.2, 0) is 0 Å². The van der Waals surface area contributed by atoms with Crippen molar-refractivity contribution in [2.75, 3.05) is 0 Å². The van der Waals surface area contributed by atoms with Crippen LogP contribution < -0.4 is 5.56 Å². The van der Waals surface area contributed by atoms with Crippen LogP contribution in [0.15, 0.2) is 35.1 Å². The lowest BCUT2D eigenvalue weighted by Crippen LogP contribution is -2.08. The number of nitrogens with zero attached hydrogens (tertiary/aromatic N) is 1. The van der Waals surface area contributed by atoms with Crippen molar-refractivity contribution >= 4 is 23.2 Å². The zero-order valence-electron chi connectivity index (χ0n) is 7.50. The number of rotatable bonds is 1. The molecule has 1 aromatic heterocycles. The maximum Gasteiger partial charge on any atom is 0.282 e. The van der Waals surface area contributed by atoms with Gasteiger partial charge in [0.05, 0.1) is 5.69 Å². The van der Waals surface area contributed by atoms with E-state index in [0.29, 0.717) is 10.7 Å². The number of halogens is 2. The van der Waals surface area contributed by atoms with Gasteiger partial charge in [-0.2, -0.15) is 5.10 Å². The molecule has 0 atom stereocenters. The molecule has 0 radical (unpaired) electrons. The van der Waals surface area contributed by atoms with Gasteiger partial charge in [-0.15, -0.1) is 0 Å². The summed E-state index contributed by atoms with van der Waals surface area (Å²) in [4.78, 5) is 11.0. The van der Waals surface area contributed by atoms with Crippen molar-refractivity contribution in [3.05, 3.63) is 50.7 Å². The maximum atomic E-state index is 11.0. The molecular formula is C10H6Cl2N2O. The van der Waals surface area contributed by atoms with Gasteiger partial charge in [0, 0.05) is 10.6 Å². The highest BCUT2D eigenvalue weighted by Gasteiger charge is 2.03. The molecule has 0 spiro atoms. The predicted molar refractivity (Wildman–Crippen MR) is 60.3 cm³/mol. The van der Waals surface area contributed by atoms with E-state index in [1.54, 1.807) is 18.2 Å². The first kappa shape index (κ1) is 10.2. The summed E-state index contributed by atoms with van der Waals surface area (Å²) in [6, 6.07) is 8.66. The smallest absolute Gasteiger partial charge is 0.266 e. The summed E-state index contributed by atoms with van der Waals surface area (Å²) in [6.45, 7) is 0. The second-order valence-electron chi connectivity index (χ2n) is 2.94. The lowest BCUT2D eigenvalue weighted by Gasteiger charge is -2.00. The molecule has 0 saturated carbocycles. The van der Waals surface area contributed by atoms with Crippen LogP contribution in [0.1, 0.15) is 0 Å². The number of aromatic nitrogens is 2. The zero-order chi connectivity index (χ0) is 10.8. The van der Waals surface area contributed by atoms with Crippen molar-refractivity contribution in [3.8, 4) is 11.3 Å². The Balaban J connectivity index is 2.55. The summed E-state index contributed by atoms with van der Waals surface area (Å²) in [6.07, 6.45) is 0. The molecule has 1 heterocycles. The minimum atomic E-state index is -0.401. The summed E-state index contributed by atoms with van der Waals surface area (Å²) >= 11 is 11.5. The number of hydrogen-bond acceptors (Lipinski definition) is 2. The molecule has 1 N–H and O–H groups in total. The quantitative estimate of drug-likeness (QED) is 0.834. The van der Waals surface area contributed by atoms with E-state index in [1.165, 1.54) is 6.07 Å². The van der Waals surface area contributed by atoms with E-state index in [1.807, 2.05) is 6.07 Å². The largest absolute Gasteiger partial charge is 0.282 e. The Morgan fingerprint density at radius 2 is 2.00 bits per heavy atom. The highest BCUT2D eigenvalue weighted by Crippen LogP contribution is 2.20. The molecule has 0 bridgehead atoms. The summed E-state index contributed by atoms with van der Waals surface area (Å²) < 4.78 is 0. The normalized spacial score (nSPS) is 10.3. The van der Waals surface area contributed by atoms with Gasteiger partial charge in [-0.3, -0.25) is 4.79 Å². The first-order chi connectivity index (χ1) is 7.16. The van der Waals surface area contributed by atoms with Gasteiger partial charge in [0.25, 0.3) is 5.56 Å². The van der Waals surface area contributed by atoms with Crippen LogP contribution in [0.25, 0.3) is 11.3 Å². The highest BCUT2D eigenvalue weighted by atomic mass is 35.5. The average Bonchev–Trinajstić information content (AvgIpc) is 2.22. The molecule has 0 amide bonds. The minimum Gasteiger partial charge on any atom is -0.266 e. The van der Waals surface area contributed by atoms with Gasteiger partial charge < -0.3 is 0 Å². The topological polar surface area (TPSA) is 45.8 Å². The Hall–Kier alpha value is -1.32. The molecule has 0 aliphatic carbocycles. The van der Waals surface area contributed by atoms with E-state index in [0.717, 1.165) is 5.56 Å². The molecule has 0 aliphatic rings. The summed E-state index contributed by atoms with van der Waals surface area (Å²) in [7, 11) is 0. The zero-order valence-corrected chi connectivity index (χ0v) is 9.01. The third-order valence-electron chi connectivity index (χ3n) is 1.88. The number of hydrogen-bond donors (Lipinski definition) is 1. The van der Waals surface area contributed by atoms with Gasteiger partial charge in [-0.25, -0.2) is 5.10 Å². The molecule has 76 valence electrons. The Kier molecular flexibility index (Phi) is 2.75. The minimum absolute atomic E-state index is 0.111. The fraction of sp³-hybridized carbons (Fsp3) is 0. The van der Waals surface area contributed by atoms with Crippen LogP contribution in [-0.4, -0.2) is 10.2 Å². The van der Waals surface area contributed by atoms with Gasteiger partial charge in [0.15, 0.2) is 0 Å². The lowest BCUT2D eigenvalue weighted by molar-refractivity contribution is 0.996. The van der Waals surface area contributed by atoms with Crippen LogP contribution in [0.5, 0.6) is 0 Å². The first-order valence-electron chi connectivity index (χ1n) is 4.18. The molecule has 1 aromatic carbocycles. The third-order valence-corrected chi connectivity index (χ3v) is 2.39. The lowest BCUT2D eigenvalue weighted by atomic mass is 10.1. The van der Waals surface area contributed by atoms with Gasteiger partial charge in [-0.1, -0.05) is 35.3 Å². The van der Waals surface area contributed by atoms with Crippen molar-refractivity contribution in [3.63, 3.8) is 0 Å².